The third-order valence-corrected chi connectivity index (χ3v) is 3.50. The Morgan fingerprint density at radius 3 is 2.38 bits per heavy atom. The first kappa shape index (κ1) is 15.2. The molecule has 0 aliphatic rings. The van der Waals surface area contributed by atoms with E-state index in [0.29, 0.717) is 17.5 Å². The Morgan fingerprint density at radius 1 is 1.05 bits per heavy atom. The molecule has 2 rings (SSSR count). The number of hydrogen-bond acceptors (Lipinski definition) is 2. The number of pyridine rings is 1. The SMILES string of the molecule is CC(C)c1cccc(C(=O)Nc2cccnc2)c1C(C)C. The summed E-state index contributed by atoms with van der Waals surface area (Å²) in [6.07, 6.45) is 3.34. The molecule has 0 radical (unpaired) electrons. The van der Waals surface area contributed by atoms with Crippen molar-refractivity contribution in [2.45, 2.75) is 39.5 Å². The van der Waals surface area contributed by atoms with Crippen LogP contribution in [-0.4, -0.2) is 10.9 Å². The van der Waals surface area contributed by atoms with Crippen LogP contribution < -0.4 is 5.32 Å². The summed E-state index contributed by atoms with van der Waals surface area (Å²) in [6.45, 7) is 8.57. The Hall–Kier alpha value is -2.16. The molecule has 0 aliphatic carbocycles. The molecule has 1 heterocycles. The van der Waals surface area contributed by atoms with Crippen LogP contribution in [0.4, 0.5) is 5.69 Å². The fraction of sp³-hybridized carbons (Fsp3) is 0.333. The average molecular weight is 282 g/mol. The van der Waals surface area contributed by atoms with Crippen molar-refractivity contribution >= 4 is 11.6 Å². The lowest BCUT2D eigenvalue weighted by atomic mass is 9.86. The molecule has 3 nitrogen and oxygen atoms in total. The number of nitrogens with one attached hydrogen (secondary N) is 1. The molecule has 1 aromatic carbocycles. The lowest BCUT2D eigenvalue weighted by molar-refractivity contribution is 0.102. The summed E-state index contributed by atoms with van der Waals surface area (Å²) in [6, 6.07) is 9.61. The van der Waals surface area contributed by atoms with Crippen molar-refractivity contribution < 1.29 is 4.79 Å². The topological polar surface area (TPSA) is 42.0 Å². The highest BCUT2D eigenvalue weighted by Gasteiger charge is 2.18. The quantitative estimate of drug-likeness (QED) is 0.891. The fourth-order valence-electron chi connectivity index (χ4n) is 2.56. The molecule has 110 valence electrons. The molecule has 0 saturated carbocycles. The van der Waals surface area contributed by atoms with Crippen LogP contribution in [0.3, 0.4) is 0 Å². The second-order valence-electron chi connectivity index (χ2n) is 5.81. The highest BCUT2D eigenvalue weighted by Crippen LogP contribution is 2.29. The van der Waals surface area contributed by atoms with Gasteiger partial charge in [-0.1, -0.05) is 39.8 Å². The Labute approximate surface area is 126 Å². The maximum Gasteiger partial charge on any atom is 0.256 e. The molecule has 0 aliphatic heterocycles. The summed E-state index contributed by atoms with van der Waals surface area (Å²) in [5, 5.41) is 2.92. The van der Waals surface area contributed by atoms with Gasteiger partial charge in [0.2, 0.25) is 0 Å². The van der Waals surface area contributed by atoms with Crippen molar-refractivity contribution in [2.24, 2.45) is 0 Å². The summed E-state index contributed by atoms with van der Waals surface area (Å²) in [7, 11) is 0. The molecule has 0 bridgehead atoms. The molecular formula is C18H22N2O. The van der Waals surface area contributed by atoms with E-state index < -0.39 is 0 Å². The Kier molecular flexibility index (Phi) is 4.73. The number of anilines is 1. The van der Waals surface area contributed by atoms with Crippen molar-refractivity contribution in [1.29, 1.82) is 0 Å². The molecule has 0 atom stereocenters. The first-order chi connectivity index (χ1) is 10.0. The zero-order valence-electron chi connectivity index (χ0n) is 13.1. The van der Waals surface area contributed by atoms with Crippen molar-refractivity contribution in [2.75, 3.05) is 5.32 Å². The molecule has 1 N–H and O–H groups in total. The summed E-state index contributed by atoms with van der Waals surface area (Å²) < 4.78 is 0. The maximum absolute atomic E-state index is 12.6. The van der Waals surface area contributed by atoms with Gasteiger partial charge in [-0.15, -0.1) is 0 Å². The highest BCUT2D eigenvalue weighted by molar-refractivity contribution is 6.05. The van der Waals surface area contributed by atoms with Crippen molar-refractivity contribution in [3.63, 3.8) is 0 Å². The number of amides is 1. The van der Waals surface area contributed by atoms with E-state index in [2.05, 4.69) is 44.1 Å². The van der Waals surface area contributed by atoms with Gasteiger partial charge in [0, 0.05) is 11.8 Å². The lowest BCUT2D eigenvalue weighted by Crippen LogP contribution is -2.16. The van der Waals surface area contributed by atoms with E-state index in [4.69, 9.17) is 0 Å². The lowest BCUT2D eigenvalue weighted by Gasteiger charge is -2.19. The van der Waals surface area contributed by atoms with Crippen LogP contribution in [0.1, 0.15) is 61.0 Å². The van der Waals surface area contributed by atoms with Crippen molar-refractivity contribution in [3.05, 3.63) is 59.4 Å². The van der Waals surface area contributed by atoms with Crippen molar-refractivity contribution in [3.8, 4) is 0 Å². The Balaban J connectivity index is 2.39. The highest BCUT2D eigenvalue weighted by atomic mass is 16.1. The minimum Gasteiger partial charge on any atom is -0.321 e. The zero-order valence-corrected chi connectivity index (χ0v) is 13.1. The van der Waals surface area contributed by atoms with Gasteiger partial charge in [0.1, 0.15) is 0 Å². The van der Waals surface area contributed by atoms with E-state index >= 15 is 0 Å². The number of hydrogen-bond donors (Lipinski definition) is 1. The summed E-state index contributed by atoms with van der Waals surface area (Å²) in [5.74, 6) is 0.626. The van der Waals surface area contributed by atoms with Crippen LogP contribution in [0.2, 0.25) is 0 Å². The fourth-order valence-corrected chi connectivity index (χ4v) is 2.56. The van der Waals surface area contributed by atoms with Crippen LogP contribution in [0.5, 0.6) is 0 Å². The van der Waals surface area contributed by atoms with E-state index in [9.17, 15) is 4.79 Å². The molecule has 3 heteroatoms. The van der Waals surface area contributed by atoms with Gasteiger partial charge in [0.05, 0.1) is 11.9 Å². The standard InChI is InChI=1S/C18H22N2O/c1-12(2)15-8-5-9-16(17(15)13(3)4)18(21)20-14-7-6-10-19-11-14/h5-13H,1-4H3,(H,20,21). The number of carbonyl (C=O) groups excluding carboxylic acids is 1. The second kappa shape index (κ2) is 6.53. The molecule has 21 heavy (non-hydrogen) atoms. The van der Waals surface area contributed by atoms with Gasteiger partial charge in [-0.05, 0) is 41.2 Å². The average Bonchev–Trinajstić information content (AvgIpc) is 2.47. The van der Waals surface area contributed by atoms with E-state index in [-0.39, 0.29) is 5.91 Å². The summed E-state index contributed by atoms with van der Waals surface area (Å²) in [4.78, 5) is 16.6. The Morgan fingerprint density at radius 2 is 1.81 bits per heavy atom. The third-order valence-electron chi connectivity index (χ3n) is 3.50. The van der Waals surface area contributed by atoms with Crippen LogP contribution in [0.15, 0.2) is 42.7 Å². The smallest absolute Gasteiger partial charge is 0.256 e. The van der Waals surface area contributed by atoms with Gasteiger partial charge < -0.3 is 5.32 Å². The number of nitrogens with zero attached hydrogens (tertiary/aromatic N) is 1. The molecule has 0 spiro atoms. The van der Waals surface area contributed by atoms with Gasteiger partial charge in [-0.3, -0.25) is 9.78 Å². The van der Waals surface area contributed by atoms with E-state index in [1.54, 1.807) is 12.4 Å². The zero-order chi connectivity index (χ0) is 15.4. The monoisotopic (exact) mass is 282 g/mol. The van der Waals surface area contributed by atoms with Crippen LogP contribution in [-0.2, 0) is 0 Å². The van der Waals surface area contributed by atoms with Crippen LogP contribution >= 0.6 is 0 Å². The number of benzene rings is 1. The molecule has 0 unspecified atom stereocenters. The van der Waals surface area contributed by atoms with Gasteiger partial charge in [0.15, 0.2) is 0 Å². The third kappa shape index (κ3) is 3.48. The van der Waals surface area contributed by atoms with Crippen LogP contribution in [0.25, 0.3) is 0 Å². The number of rotatable bonds is 4. The van der Waals surface area contributed by atoms with E-state index in [1.165, 1.54) is 5.56 Å². The van der Waals surface area contributed by atoms with Gasteiger partial charge >= 0.3 is 0 Å². The second-order valence-corrected chi connectivity index (χ2v) is 5.81. The minimum absolute atomic E-state index is 0.0748. The van der Waals surface area contributed by atoms with E-state index in [0.717, 1.165) is 11.1 Å². The number of carbonyl (C=O) groups is 1. The molecule has 1 amide bonds. The maximum atomic E-state index is 12.6. The first-order valence-corrected chi connectivity index (χ1v) is 7.35. The molecule has 0 saturated heterocycles. The summed E-state index contributed by atoms with van der Waals surface area (Å²) in [5.41, 5.74) is 3.84. The van der Waals surface area contributed by atoms with Gasteiger partial charge in [-0.2, -0.15) is 0 Å². The van der Waals surface area contributed by atoms with Crippen LogP contribution in [0, 0.1) is 0 Å². The van der Waals surface area contributed by atoms with Gasteiger partial charge in [-0.25, -0.2) is 0 Å². The van der Waals surface area contributed by atoms with Crippen molar-refractivity contribution in [1.82, 2.24) is 4.98 Å². The molecular weight excluding hydrogens is 260 g/mol. The predicted molar refractivity (Wildman–Crippen MR) is 86.8 cm³/mol. The number of aromatic nitrogens is 1. The minimum atomic E-state index is -0.0748. The van der Waals surface area contributed by atoms with E-state index in [1.807, 2.05) is 24.3 Å². The Bertz CT molecular complexity index is 618. The normalized spacial score (nSPS) is 11.0. The molecule has 2 aromatic rings. The molecule has 1 aromatic heterocycles. The van der Waals surface area contributed by atoms with Gasteiger partial charge in [0.25, 0.3) is 5.91 Å². The summed E-state index contributed by atoms with van der Waals surface area (Å²) >= 11 is 0. The largest absolute Gasteiger partial charge is 0.321 e. The predicted octanol–water partition coefficient (Wildman–Crippen LogP) is 4.58. The molecule has 0 fully saturated rings. The first-order valence-electron chi connectivity index (χ1n) is 7.35.